The third-order valence-corrected chi connectivity index (χ3v) is 4.01. The molecule has 1 aromatic heterocycles. The molecule has 0 aliphatic carbocycles. The van der Waals surface area contributed by atoms with E-state index in [0.29, 0.717) is 23.7 Å². The SMILES string of the molecule is O=C(c1ccc(Cl)cc1)N(Cc1ccco1)CC1CCCO1. The molecule has 2 aromatic rings. The lowest BCUT2D eigenvalue weighted by Gasteiger charge is -2.24. The monoisotopic (exact) mass is 319 g/mol. The number of ether oxygens (including phenoxy) is 1. The van der Waals surface area contributed by atoms with E-state index in [1.54, 1.807) is 35.4 Å². The third kappa shape index (κ3) is 3.70. The second-order valence-electron chi connectivity index (χ2n) is 5.41. The summed E-state index contributed by atoms with van der Waals surface area (Å²) in [5.74, 6) is 0.726. The van der Waals surface area contributed by atoms with Crippen molar-refractivity contribution in [3.63, 3.8) is 0 Å². The summed E-state index contributed by atoms with van der Waals surface area (Å²) in [5, 5.41) is 0.619. The van der Waals surface area contributed by atoms with Crippen LogP contribution in [0, 0.1) is 0 Å². The summed E-state index contributed by atoms with van der Waals surface area (Å²) in [4.78, 5) is 14.5. The van der Waals surface area contributed by atoms with Gasteiger partial charge < -0.3 is 14.1 Å². The van der Waals surface area contributed by atoms with Crippen molar-refractivity contribution in [1.82, 2.24) is 4.90 Å². The van der Waals surface area contributed by atoms with Gasteiger partial charge in [0.05, 0.1) is 18.9 Å². The Hall–Kier alpha value is -1.78. The van der Waals surface area contributed by atoms with E-state index < -0.39 is 0 Å². The third-order valence-electron chi connectivity index (χ3n) is 3.75. The summed E-state index contributed by atoms with van der Waals surface area (Å²) >= 11 is 5.89. The van der Waals surface area contributed by atoms with E-state index in [2.05, 4.69) is 0 Å². The summed E-state index contributed by atoms with van der Waals surface area (Å²) < 4.78 is 11.0. The van der Waals surface area contributed by atoms with Gasteiger partial charge in [-0.3, -0.25) is 4.79 Å². The van der Waals surface area contributed by atoms with Crippen molar-refractivity contribution in [3.8, 4) is 0 Å². The molecule has 1 amide bonds. The molecule has 116 valence electrons. The van der Waals surface area contributed by atoms with Gasteiger partial charge in [-0.2, -0.15) is 0 Å². The highest BCUT2D eigenvalue weighted by Gasteiger charge is 2.24. The maximum atomic E-state index is 12.8. The zero-order valence-electron chi connectivity index (χ0n) is 12.2. The van der Waals surface area contributed by atoms with E-state index in [0.717, 1.165) is 25.2 Å². The molecule has 1 atom stereocenters. The summed E-state index contributed by atoms with van der Waals surface area (Å²) in [6, 6.07) is 10.6. The molecule has 0 saturated carbocycles. The van der Waals surface area contributed by atoms with E-state index in [4.69, 9.17) is 20.8 Å². The van der Waals surface area contributed by atoms with Gasteiger partial charge in [-0.25, -0.2) is 0 Å². The van der Waals surface area contributed by atoms with Gasteiger partial charge in [0.25, 0.3) is 5.91 Å². The van der Waals surface area contributed by atoms with Crippen LogP contribution in [0.4, 0.5) is 0 Å². The Morgan fingerprint density at radius 2 is 2.09 bits per heavy atom. The summed E-state index contributed by atoms with van der Waals surface area (Å²) in [5.41, 5.74) is 0.619. The quantitative estimate of drug-likeness (QED) is 0.843. The topological polar surface area (TPSA) is 42.7 Å². The van der Waals surface area contributed by atoms with Crippen molar-refractivity contribution in [2.45, 2.75) is 25.5 Å². The largest absolute Gasteiger partial charge is 0.467 e. The minimum atomic E-state index is -0.0384. The molecule has 3 rings (SSSR count). The van der Waals surface area contributed by atoms with E-state index in [1.807, 2.05) is 12.1 Å². The molecule has 1 aliphatic heterocycles. The maximum absolute atomic E-state index is 12.8. The molecule has 22 heavy (non-hydrogen) atoms. The second-order valence-corrected chi connectivity index (χ2v) is 5.84. The molecule has 0 spiro atoms. The smallest absolute Gasteiger partial charge is 0.254 e. The number of hydrogen-bond acceptors (Lipinski definition) is 3. The Morgan fingerprint density at radius 3 is 2.73 bits per heavy atom. The molecule has 0 bridgehead atoms. The van der Waals surface area contributed by atoms with Crippen LogP contribution >= 0.6 is 11.6 Å². The van der Waals surface area contributed by atoms with Crippen LogP contribution in [0.5, 0.6) is 0 Å². The second kappa shape index (κ2) is 6.99. The van der Waals surface area contributed by atoms with Crippen molar-refractivity contribution in [2.24, 2.45) is 0 Å². The fourth-order valence-electron chi connectivity index (χ4n) is 2.62. The van der Waals surface area contributed by atoms with E-state index in [-0.39, 0.29) is 12.0 Å². The number of nitrogens with zero attached hydrogens (tertiary/aromatic N) is 1. The lowest BCUT2D eigenvalue weighted by Crippen LogP contribution is -2.36. The fourth-order valence-corrected chi connectivity index (χ4v) is 2.75. The molecule has 2 heterocycles. The predicted molar refractivity (Wildman–Crippen MR) is 83.9 cm³/mol. The molecule has 0 N–H and O–H groups in total. The number of halogens is 1. The molecule has 5 heteroatoms. The first-order valence-corrected chi connectivity index (χ1v) is 7.79. The van der Waals surface area contributed by atoms with Crippen LogP contribution in [0.2, 0.25) is 5.02 Å². The van der Waals surface area contributed by atoms with E-state index >= 15 is 0 Å². The van der Waals surface area contributed by atoms with Gasteiger partial charge in [-0.05, 0) is 49.2 Å². The Balaban J connectivity index is 1.76. The van der Waals surface area contributed by atoms with Crippen LogP contribution in [0.1, 0.15) is 29.0 Å². The molecule has 1 saturated heterocycles. The van der Waals surface area contributed by atoms with Crippen LogP contribution < -0.4 is 0 Å². The summed E-state index contributed by atoms with van der Waals surface area (Å²) in [6.45, 7) is 1.78. The van der Waals surface area contributed by atoms with Crippen molar-refractivity contribution < 1.29 is 13.9 Å². The Bertz CT molecular complexity index is 603. The molecular formula is C17H18ClNO3. The highest BCUT2D eigenvalue weighted by atomic mass is 35.5. The Morgan fingerprint density at radius 1 is 1.27 bits per heavy atom. The highest BCUT2D eigenvalue weighted by Crippen LogP contribution is 2.18. The standard InChI is InChI=1S/C17H18ClNO3/c18-14-7-5-13(6-8-14)17(20)19(11-15-3-1-9-21-15)12-16-4-2-10-22-16/h1,3,5-9,16H,2,4,10-12H2. The van der Waals surface area contributed by atoms with Crippen LogP contribution in [0.25, 0.3) is 0 Å². The lowest BCUT2D eigenvalue weighted by molar-refractivity contribution is 0.0491. The van der Waals surface area contributed by atoms with Gasteiger partial charge in [0, 0.05) is 23.7 Å². The number of benzene rings is 1. The highest BCUT2D eigenvalue weighted by molar-refractivity contribution is 6.30. The minimum Gasteiger partial charge on any atom is -0.467 e. The van der Waals surface area contributed by atoms with Crippen LogP contribution in [0.15, 0.2) is 47.1 Å². The van der Waals surface area contributed by atoms with Crippen LogP contribution in [-0.4, -0.2) is 30.1 Å². The van der Waals surface area contributed by atoms with Gasteiger partial charge in [0.15, 0.2) is 0 Å². The minimum absolute atomic E-state index is 0.0384. The maximum Gasteiger partial charge on any atom is 0.254 e. The molecule has 1 aromatic carbocycles. The zero-order valence-corrected chi connectivity index (χ0v) is 13.0. The van der Waals surface area contributed by atoms with Gasteiger partial charge >= 0.3 is 0 Å². The van der Waals surface area contributed by atoms with Crippen molar-refractivity contribution in [2.75, 3.05) is 13.2 Å². The number of rotatable bonds is 5. The van der Waals surface area contributed by atoms with Gasteiger partial charge in [-0.15, -0.1) is 0 Å². The average molecular weight is 320 g/mol. The first kappa shape index (κ1) is 15.1. The van der Waals surface area contributed by atoms with Crippen molar-refractivity contribution >= 4 is 17.5 Å². The molecule has 1 unspecified atom stereocenters. The first-order valence-electron chi connectivity index (χ1n) is 7.41. The van der Waals surface area contributed by atoms with Gasteiger partial charge in [0.1, 0.15) is 5.76 Å². The summed E-state index contributed by atoms with van der Waals surface area (Å²) in [7, 11) is 0. The van der Waals surface area contributed by atoms with Gasteiger partial charge in [-0.1, -0.05) is 11.6 Å². The Kier molecular flexibility index (Phi) is 4.80. The normalized spacial score (nSPS) is 17.6. The lowest BCUT2D eigenvalue weighted by atomic mass is 10.1. The first-order chi connectivity index (χ1) is 10.7. The molecule has 1 aliphatic rings. The van der Waals surface area contributed by atoms with E-state index in [9.17, 15) is 4.79 Å². The number of carbonyl (C=O) groups is 1. The zero-order chi connectivity index (χ0) is 15.4. The number of carbonyl (C=O) groups excluding carboxylic acids is 1. The molecule has 1 fully saturated rings. The fraction of sp³-hybridized carbons (Fsp3) is 0.353. The number of amides is 1. The van der Waals surface area contributed by atoms with Crippen LogP contribution in [-0.2, 0) is 11.3 Å². The average Bonchev–Trinajstić information content (AvgIpc) is 3.20. The predicted octanol–water partition coefficient (Wildman–Crippen LogP) is 3.75. The molecule has 0 radical (unpaired) electrons. The van der Waals surface area contributed by atoms with Gasteiger partial charge in [0.2, 0.25) is 0 Å². The van der Waals surface area contributed by atoms with E-state index in [1.165, 1.54) is 0 Å². The van der Waals surface area contributed by atoms with Crippen molar-refractivity contribution in [3.05, 3.63) is 59.0 Å². The summed E-state index contributed by atoms with van der Waals surface area (Å²) in [6.07, 6.45) is 3.76. The van der Waals surface area contributed by atoms with Crippen molar-refractivity contribution in [1.29, 1.82) is 0 Å². The Labute approximate surface area is 134 Å². The molecule has 4 nitrogen and oxygen atoms in total. The molecular weight excluding hydrogens is 302 g/mol. The number of hydrogen-bond donors (Lipinski definition) is 0. The van der Waals surface area contributed by atoms with Crippen LogP contribution in [0.3, 0.4) is 0 Å². The number of furan rings is 1.